The summed E-state index contributed by atoms with van der Waals surface area (Å²) in [6.45, 7) is -0.139. The number of halogens is 1. The van der Waals surface area contributed by atoms with E-state index in [2.05, 4.69) is 0 Å². The molecule has 0 radical (unpaired) electrons. The zero-order valence-corrected chi connectivity index (χ0v) is 13.0. The molecule has 21 heavy (non-hydrogen) atoms. The molecule has 6 nitrogen and oxygen atoms in total. The van der Waals surface area contributed by atoms with Crippen molar-refractivity contribution in [3.05, 3.63) is 35.2 Å². The fourth-order valence-corrected chi connectivity index (χ4v) is 4.95. The summed E-state index contributed by atoms with van der Waals surface area (Å²) in [5.74, 6) is -0.456. The van der Waals surface area contributed by atoms with E-state index in [1.807, 2.05) is 0 Å². The number of rotatable bonds is 2. The van der Waals surface area contributed by atoms with Gasteiger partial charge in [-0.1, -0.05) is 18.2 Å². The van der Waals surface area contributed by atoms with E-state index in [1.54, 1.807) is 18.2 Å². The molecule has 1 atom stereocenters. The first-order valence-corrected chi connectivity index (χ1v) is 9.92. The van der Waals surface area contributed by atoms with Gasteiger partial charge in [-0.3, -0.25) is 4.79 Å². The normalized spacial score (nSPS) is 24.0. The molecular weight excluding hydrogens is 338 g/mol. The molecule has 2 aliphatic rings. The third-order valence-corrected chi connectivity index (χ3v) is 6.89. The predicted octanol–water partition coefficient (Wildman–Crippen LogP) is 0.942. The molecule has 1 saturated heterocycles. The smallest absolute Gasteiger partial charge is 0.237 e. The lowest BCUT2D eigenvalue weighted by atomic mass is 10.1. The minimum Gasteiger partial charge on any atom is -0.310 e. The fourth-order valence-electron chi connectivity index (χ4n) is 2.51. The topological polar surface area (TPSA) is 88.6 Å². The highest BCUT2D eigenvalue weighted by Crippen LogP contribution is 2.38. The number of fused-ring (bicyclic) bond motifs is 1. The molecule has 1 fully saturated rings. The molecule has 0 spiro atoms. The summed E-state index contributed by atoms with van der Waals surface area (Å²) in [6.07, 6.45) is -0.245. The van der Waals surface area contributed by atoms with E-state index in [0.29, 0.717) is 5.56 Å². The van der Waals surface area contributed by atoms with Gasteiger partial charge in [0.2, 0.25) is 24.8 Å². The molecule has 0 bridgehead atoms. The molecule has 0 aromatic heterocycles. The van der Waals surface area contributed by atoms with Gasteiger partial charge >= 0.3 is 0 Å². The molecule has 1 unspecified atom stereocenters. The van der Waals surface area contributed by atoms with E-state index >= 15 is 0 Å². The minimum absolute atomic E-state index is 0.116. The Hall–Kier alpha value is -1.38. The number of hydrogen-bond donors (Lipinski definition) is 0. The molecule has 1 aromatic rings. The summed E-state index contributed by atoms with van der Waals surface area (Å²) in [5, 5.41) is -0.0262. The molecule has 3 rings (SSSR count). The molecule has 2 heterocycles. The Balaban J connectivity index is 2.06. The van der Waals surface area contributed by atoms with Crippen LogP contribution in [0.4, 0.5) is 0 Å². The Morgan fingerprint density at radius 2 is 1.90 bits per heavy atom. The Bertz CT molecular complexity index is 873. The van der Waals surface area contributed by atoms with Gasteiger partial charge < -0.3 is 4.90 Å². The van der Waals surface area contributed by atoms with Crippen LogP contribution in [0.2, 0.25) is 0 Å². The van der Waals surface area contributed by atoms with E-state index in [1.165, 1.54) is 11.0 Å². The van der Waals surface area contributed by atoms with Gasteiger partial charge in [-0.15, -0.1) is 0 Å². The number of sulfone groups is 1. The highest BCUT2D eigenvalue weighted by Gasteiger charge is 2.41. The van der Waals surface area contributed by atoms with Gasteiger partial charge in [-0.25, -0.2) is 16.8 Å². The average molecular weight is 348 g/mol. The van der Waals surface area contributed by atoms with E-state index in [4.69, 9.17) is 10.7 Å². The molecule has 9 heteroatoms. The van der Waals surface area contributed by atoms with E-state index < -0.39 is 30.0 Å². The second-order valence-electron chi connectivity index (χ2n) is 4.85. The molecule has 112 valence electrons. The lowest BCUT2D eigenvalue weighted by molar-refractivity contribution is -0.124. The van der Waals surface area contributed by atoms with Crippen LogP contribution in [0.25, 0.3) is 5.70 Å². The molecule has 1 aromatic carbocycles. The summed E-state index contributed by atoms with van der Waals surface area (Å²) in [4.78, 5) is 13.3. The van der Waals surface area contributed by atoms with Crippen molar-refractivity contribution < 1.29 is 21.6 Å². The van der Waals surface area contributed by atoms with Crippen molar-refractivity contribution in [2.45, 2.75) is 16.6 Å². The third kappa shape index (κ3) is 2.37. The maximum Gasteiger partial charge on any atom is 0.237 e. The monoisotopic (exact) mass is 347 g/mol. The Kier molecular flexibility index (Phi) is 3.16. The van der Waals surface area contributed by atoms with Crippen molar-refractivity contribution in [3.8, 4) is 0 Å². The minimum atomic E-state index is -3.87. The number of benzene rings is 1. The van der Waals surface area contributed by atoms with Crippen LogP contribution in [0.15, 0.2) is 34.6 Å². The van der Waals surface area contributed by atoms with Crippen LogP contribution < -0.4 is 0 Å². The van der Waals surface area contributed by atoms with Crippen LogP contribution >= 0.6 is 10.7 Å². The molecule has 2 aliphatic heterocycles. The third-order valence-electron chi connectivity index (χ3n) is 3.51. The van der Waals surface area contributed by atoms with Gasteiger partial charge in [0.15, 0.2) is 0 Å². The second-order valence-corrected chi connectivity index (χ2v) is 9.52. The maximum atomic E-state index is 12.0. The van der Waals surface area contributed by atoms with Crippen molar-refractivity contribution in [2.24, 2.45) is 0 Å². The van der Waals surface area contributed by atoms with Crippen molar-refractivity contribution in [1.29, 1.82) is 0 Å². The Morgan fingerprint density at radius 1 is 1.24 bits per heavy atom. The van der Waals surface area contributed by atoms with Crippen molar-refractivity contribution in [2.75, 3.05) is 6.54 Å². The number of carbonyl (C=O) groups is 1. The lowest BCUT2D eigenvalue weighted by Crippen LogP contribution is -2.25. The van der Waals surface area contributed by atoms with Gasteiger partial charge in [-0.05, 0) is 6.07 Å². The number of carbonyl (C=O) groups excluding carboxylic acids is 1. The van der Waals surface area contributed by atoms with Crippen molar-refractivity contribution >= 4 is 41.2 Å². The van der Waals surface area contributed by atoms with E-state index in [9.17, 15) is 21.6 Å². The van der Waals surface area contributed by atoms with E-state index in [-0.39, 0.29) is 23.6 Å². The molecule has 1 amide bonds. The first-order valence-electron chi connectivity index (χ1n) is 6.00. The highest BCUT2D eigenvalue weighted by molar-refractivity contribution is 8.14. The van der Waals surface area contributed by atoms with Crippen molar-refractivity contribution in [3.63, 3.8) is 0 Å². The summed E-state index contributed by atoms with van der Waals surface area (Å²) < 4.78 is 46.8. The van der Waals surface area contributed by atoms with Crippen molar-refractivity contribution in [1.82, 2.24) is 4.90 Å². The van der Waals surface area contributed by atoms with Crippen LogP contribution in [-0.2, 0) is 23.7 Å². The fraction of sp³-hybridized carbons (Fsp3) is 0.250. The SMILES string of the molecule is O=C1CC(S(=O)(=O)Cl)CN1C1=CS(=O)(=O)c2ccccc21. The first-order chi connectivity index (χ1) is 9.70. The van der Waals surface area contributed by atoms with Crippen LogP contribution in [0, 0.1) is 0 Å². The van der Waals surface area contributed by atoms with Gasteiger partial charge in [0.05, 0.1) is 16.0 Å². The number of likely N-dealkylation sites (tertiary alicyclic amines) is 1. The van der Waals surface area contributed by atoms with Crippen LogP contribution in [-0.4, -0.2) is 39.4 Å². The Labute approximate surface area is 126 Å². The van der Waals surface area contributed by atoms with Crippen LogP contribution in [0.1, 0.15) is 12.0 Å². The first kappa shape index (κ1) is 14.6. The van der Waals surface area contributed by atoms with Crippen LogP contribution in [0.5, 0.6) is 0 Å². The summed E-state index contributed by atoms with van der Waals surface area (Å²) in [6, 6.07) is 6.28. The number of hydrogen-bond acceptors (Lipinski definition) is 5. The zero-order valence-electron chi connectivity index (χ0n) is 10.6. The molecule has 0 saturated carbocycles. The predicted molar refractivity (Wildman–Crippen MR) is 76.5 cm³/mol. The highest BCUT2D eigenvalue weighted by atomic mass is 35.7. The quantitative estimate of drug-likeness (QED) is 0.743. The number of nitrogens with zero attached hydrogens (tertiary/aromatic N) is 1. The number of amides is 1. The summed E-state index contributed by atoms with van der Waals surface area (Å²) >= 11 is 0. The lowest BCUT2D eigenvalue weighted by Gasteiger charge is -2.17. The molecular formula is C12H10ClNO5S2. The van der Waals surface area contributed by atoms with Crippen LogP contribution in [0.3, 0.4) is 0 Å². The summed E-state index contributed by atoms with van der Waals surface area (Å²) in [5.41, 5.74) is 0.608. The average Bonchev–Trinajstić information content (AvgIpc) is 2.89. The zero-order chi connectivity index (χ0) is 15.4. The van der Waals surface area contributed by atoms with Gasteiger partial charge in [0.25, 0.3) is 0 Å². The molecule has 0 N–H and O–H groups in total. The molecule has 0 aliphatic carbocycles. The summed E-state index contributed by atoms with van der Waals surface area (Å²) in [7, 11) is -2.19. The maximum absolute atomic E-state index is 12.0. The van der Waals surface area contributed by atoms with Gasteiger partial charge in [-0.2, -0.15) is 0 Å². The standard InChI is InChI=1S/C12H10ClNO5S2/c13-21(18,19)8-5-12(15)14(6-8)10-7-20(16,17)11-4-2-1-3-9(10)11/h1-4,7-8H,5-6H2. The largest absolute Gasteiger partial charge is 0.310 e. The van der Waals surface area contributed by atoms with Gasteiger partial charge in [0, 0.05) is 29.2 Å². The van der Waals surface area contributed by atoms with E-state index in [0.717, 1.165) is 5.41 Å². The van der Waals surface area contributed by atoms with Gasteiger partial charge in [0.1, 0.15) is 5.25 Å². The Morgan fingerprint density at radius 3 is 2.52 bits per heavy atom. The second kappa shape index (κ2) is 4.56.